The van der Waals surface area contributed by atoms with Crippen molar-refractivity contribution >= 4 is 0 Å². The highest BCUT2D eigenvalue weighted by Gasteiger charge is 2.42. The first-order valence-electron chi connectivity index (χ1n) is 4.29. The minimum absolute atomic E-state index is 0.209. The first kappa shape index (κ1) is 7.32. The van der Waals surface area contributed by atoms with Crippen LogP contribution in [0.5, 0.6) is 0 Å². The minimum Gasteiger partial charge on any atom is -0.350 e. The van der Waals surface area contributed by atoms with Crippen LogP contribution in [0.25, 0.3) is 0 Å². The van der Waals surface area contributed by atoms with E-state index >= 15 is 0 Å². The molecule has 0 aromatic rings. The molecule has 62 valence electrons. The Bertz CT molecular complexity index is 159. The Hall–Kier alpha value is -0.340. The molecule has 2 atom stereocenters. The quantitative estimate of drug-likeness (QED) is 0.537. The normalized spacial score (nSPS) is 43.5. The van der Waals surface area contributed by atoms with Gasteiger partial charge in [0.05, 0.1) is 12.7 Å². The van der Waals surface area contributed by atoms with E-state index in [4.69, 9.17) is 9.47 Å². The average Bonchev–Trinajstić information content (AvgIpc) is 2.62. The van der Waals surface area contributed by atoms with E-state index in [1.165, 1.54) is 0 Å². The summed E-state index contributed by atoms with van der Waals surface area (Å²) in [6.45, 7) is 4.58. The predicted octanol–water partition coefficient (Wildman–Crippen LogP) is 1.86. The van der Waals surface area contributed by atoms with Gasteiger partial charge < -0.3 is 9.47 Å². The SMILES string of the molecule is C=CC1CCC2(CCCO2)O1. The van der Waals surface area contributed by atoms with Crippen molar-refractivity contribution < 1.29 is 9.47 Å². The number of ether oxygens (including phenoxy) is 2. The minimum atomic E-state index is -0.209. The molecule has 0 saturated carbocycles. The topological polar surface area (TPSA) is 18.5 Å². The summed E-state index contributed by atoms with van der Waals surface area (Å²) in [4.78, 5) is 0. The smallest absolute Gasteiger partial charge is 0.169 e. The Morgan fingerprint density at radius 2 is 2.36 bits per heavy atom. The molecule has 0 amide bonds. The van der Waals surface area contributed by atoms with Crippen LogP contribution in [0.4, 0.5) is 0 Å². The molecular weight excluding hydrogens is 140 g/mol. The molecule has 0 aliphatic carbocycles. The largest absolute Gasteiger partial charge is 0.350 e. The third-order valence-electron chi connectivity index (χ3n) is 2.51. The molecular formula is C9H14O2. The van der Waals surface area contributed by atoms with Crippen LogP contribution in [-0.4, -0.2) is 18.5 Å². The van der Waals surface area contributed by atoms with Gasteiger partial charge in [-0.1, -0.05) is 6.08 Å². The lowest BCUT2D eigenvalue weighted by Gasteiger charge is -2.21. The molecule has 2 fully saturated rings. The third-order valence-corrected chi connectivity index (χ3v) is 2.51. The van der Waals surface area contributed by atoms with Gasteiger partial charge in [0.15, 0.2) is 5.79 Å². The van der Waals surface area contributed by atoms with E-state index < -0.39 is 0 Å². The van der Waals surface area contributed by atoms with E-state index in [9.17, 15) is 0 Å². The number of hydrogen-bond donors (Lipinski definition) is 0. The summed E-state index contributed by atoms with van der Waals surface area (Å²) in [5.41, 5.74) is 0. The van der Waals surface area contributed by atoms with Crippen molar-refractivity contribution in [2.24, 2.45) is 0 Å². The average molecular weight is 154 g/mol. The van der Waals surface area contributed by atoms with E-state index in [0.29, 0.717) is 0 Å². The van der Waals surface area contributed by atoms with Crippen LogP contribution < -0.4 is 0 Å². The molecule has 0 radical (unpaired) electrons. The molecule has 0 aromatic carbocycles. The Kier molecular flexibility index (Phi) is 1.74. The molecule has 0 bridgehead atoms. The zero-order chi connectivity index (χ0) is 7.73. The fourth-order valence-corrected chi connectivity index (χ4v) is 1.88. The molecule has 2 saturated heterocycles. The van der Waals surface area contributed by atoms with Crippen LogP contribution in [0.2, 0.25) is 0 Å². The number of rotatable bonds is 1. The van der Waals surface area contributed by atoms with Crippen LogP contribution in [0, 0.1) is 0 Å². The Morgan fingerprint density at radius 1 is 1.45 bits per heavy atom. The molecule has 2 aliphatic rings. The first-order valence-corrected chi connectivity index (χ1v) is 4.29. The van der Waals surface area contributed by atoms with E-state index in [1.54, 1.807) is 0 Å². The predicted molar refractivity (Wildman–Crippen MR) is 42.2 cm³/mol. The van der Waals surface area contributed by atoms with Gasteiger partial charge in [0, 0.05) is 12.8 Å². The molecule has 1 spiro atoms. The lowest BCUT2D eigenvalue weighted by Crippen LogP contribution is -2.26. The van der Waals surface area contributed by atoms with E-state index in [-0.39, 0.29) is 11.9 Å². The molecule has 2 nitrogen and oxygen atoms in total. The second-order valence-electron chi connectivity index (χ2n) is 3.29. The summed E-state index contributed by atoms with van der Waals surface area (Å²) in [7, 11) is 0. The zero-order valence-electron chi connectivity index (χ0n) is 6.71. The molecule has 2 heteroatoms. The van der Waals surface area contributed by atoms with Crippen molar-refractivity contribution in [1.29, 1.82) is 0 Å². The van der Waals surface area contributed by atoms with Gasteiger partial charge in [-0.15, -0.1) is 6.58 Å². The van der Waals surface area contributed by atoms with Gasteiger partial charge >= 0.3 is 0 Å². The molecule has 11 heavy (non-hydrogen) atoms. The summed E-state index contributed by atoms with van der Waals surface area (Å²) >= 11 is 0. The molecule has 0 aromatic heterocycles. The summed E-state index contributed by atoms with van der Waals surface area (Å²) in [6, 6.07) is 0. The lowest BCUT2D eigenvalue weighted by molar-refractivity contribution is -0.191. The van der Waals surface area contributed by atoms with Gasteiger partial charge in [-0.2, -0.15) is 0 Å². The van der Waals surface area contributed by atoms with Gasteiger partial charge in [-0.25, -0.2) is 0 Å². The van der Waals surface area contributed by atoms with Gasteiger partial charge in [-0.05, 0) is 12.8 Å². The summed E-state index contributed by atoms with van der Waals surface area (Å²) in [5.74, 6) is -0.209. The van der Waals surface area contributed by atoms with Crippen molar-refractivity contribution in [1.82, 2.24) is 0 Å². The fourth-order valence-electron chi connectivity index (χ4n) is 1.88. The van der Waals surface area contributed by atoms with Gasteiger partial charge in [0.1, 0.15) is 0 Å². The lowest BCUT2D eigenvalue weighted by atomic mass is 10.1. The van der Waals surface area contributed by atoms with Crippen LogP contribution in [0.3, 0.4) is 0 Å². The molecule has 2 heterocycles. The fraction of sp³-hybridized carbons (Fsp3) is 0.778. The Morgan fingerprint density at radius 3 is 2.91 bits per heavy atom. The Labute approximate surface area is 67.2 Å². The van der Waals surface area contributed by atoms with E-state index in [1.807, 2.05) is 6.08 Å². The first-order chi connectivity index (χ1) is 5.35. The third kappa shape index (κ3) is 1.21. The van der Waals surface area contributed by atoms with Crippen LogP contribution in [0.15, 0.2) is 12.7 Å². The molecule has 0 N–H and O–H groups in total. The van der Waals surface area contributed by atoms with Gasteiger partial charge in [0.2, 0.25) is 0 Å². The zero-order valence-corrected chi connectivity index (χ0v) is 6.71. The van der Waals surface area contributed by atoms with Crippen LogP contribution >= 0.6 is 0 Å². The summed E-state index contributed by atoms with van der Waals surface area (Å²) < 4.78 is 11.3. The molecule has 2 unspecified atom stereocenters. The van der Waals surface area contributed by atoms with Crippen molar-refractivity contribution in [3.05, 3.63) is 12.7 Å². The van der Waals surface area contributed by atoms with E-state index in [0.717, 1.165) is 32.3 Å². The second kappa shape index (κ2) is 2.61. The van der Waals surface area contributed by atoms with Gasteiger partial charge in [-0.3, -0.25) is 0 Å². The van der Waals surface area contributed by atoms with Crippen molar-refractivity contribution in [2.45, 2.75) is 37.6 Å². The highest BCUT2D eigenvalue weighted by molar-refractivity contribution is 4.92. The highest BCUT2D eigenvalue weighted by atomic mass is 16.7. The second-order valence-corrected chi connectivity index (χ2v) is 3.29. The Balaban J connectivity index is 2.01. The maximum atomic E-state index is 5.72. The maximum absolute atomic E-state index is 5.72. The van der Waals surface area contributed by atoms with Crippen LogP contribution in [0.1, 0.15) is 25.7 Å². The maximum Gasteiger partial charge on any atom is 0.169 e. The summed E-state index contributed by atoms with van der Waals surface area (Å²) in [5, 5.41) is 0. The van der Waals surface area contributed by atoms with Crippen molar-refractivity contribution in [3.8, 4) is 0 Å². The van der Waals surface area contributed by atoms with Crippen molar-refractivity contribution in [3.63, 3.8) is 0 Å². The molecule has 2 rings (SSSR count). The van der Waals surface area contributed by atoms with Crippen molar-refractivity contribution in [2.75, 3.05) is 6.61 Å². The standard InChI is InChI=1S/C9H14O2/c1-2-8-4-6-9(11-8)5-3-7-10-9/h2,8H,1,3-7H2. The monoisotopic (exact) mass is 154 g/mol. The van der Waals surface area contributed by atoms with Crippen LogP contribution in [-0.2, 0) is 9.47 Å². The summed E-state index contributed by atoms with van der Waals surface area (Å²) in [6.07, 6.45) is 6.43. The molecule has 2 aliphatic heterocycles. The van der Waals surface area contributed by atoms with E-state index in [2.05, 4.69) is 6.58 Å². The highest BCUT2D eigenvalue weighted by Crippen LogP contribution is 2.39. The van der Waals surface area contributed by atoms with Gasteiger partial charge in [0.25, 0.3) is 0 Å². The number of hydrogen-bond acceptors (Lipinski definition) is 2.